The number of carbonyl (C=O) groups is 2. The SMILES string of the molecule is Cc1cc(C)c(NC(=O)C(C)OC(=O)c2c(C)noc2N)c(C)c1. The summed E-state index contributed by atoms with van der Waals surface area (Å²) in [5.74, 6) is -1.30. The van der Waals surface area contributed by atoms with Gasteiger partial charge in [-0.25, -0.2) is 4.79 Å². The van der Waals surface area contributed by atoms with Crippen molar-refractivity contribution in [3.63, 3.8) is 0 Å². The van der Waals surface area contributed by atoms with Crippen molar-refractivity contribution in [1.29, 1.82) is 0 Å². The fourth-order valence-electron chi connectivity index (χ4n) is 2.51. The van der Waals surface area contributed by atoms with Gasteiger partial charge in [0.15, 0.2) is 6.10 Å². The van der Waals surface area contributed by atoms with Gasteiger partial charge in [-0.1, -0.05) is 22.9 Å². The maximum atomic E-state index is 12.3. The number of nitrogens with zero attached hydrogens (tertiary/aromatic N) is 1. The lowest BCUT2D eigenvalue weighted by molar-refractivity contribution is -0.123. The third-order valence-corrected chi connectivity index (χ3v) is 3.67. The highest BCUT2D eigenvalue weighted by Crippen LogP contribution is 2.23. The molecule has 0 radical (unpaired) electrons. The molecule has 1 aromatic carbocycles. The zero-order chi connectivity index (χ0) is 18.0. The molecule has 0 aliphatic heterocycles. The van der Waals surface area contributed by atoms with Gasteiger partial charge in [0.25, 0.3) is 5.91 Å². The number of hydrogen-bond donors (Lipinski definition) is 2. The molecule has 2 rings (SSSR count). The van der Waals surface area contributed by atoms with E-state index < -0.39 is 18.0 Å². The van der Waals surface area contributed by atoms with E-state index in [1.807, 2.05) is 32.9 Å². The largest absolute Gasteiger partial charge is 0.449 e. The molecule has 24 heavy (non-hydrogen) atoms. The van der Waals surface area contributed by atoms with Crippen LogP contribution in [0.2, 0.25) is 0 Å². The number of hydrogen-bond acceptors (Lipinski definition) is 6. The fraction of sp³-hybridized carbons (Fsp3) is 0.353. The van der Waals surface area contributed by atoms with Crippen LogP contribution in [-0.2, 0) is 9.53 Å². The van der Waals surface area contributed by atoms with Gasteiger partial charge in [0.05, 0.1) is 5.69 Å². The van der Waals surface area contributed by atoms with Crippen molar-refractivity contribution < 1.29 is 18.8 Å². The number of aryl methyl sites for hydroxylation is 4. The van der Waals surface area contributed by atoms with Crippen LogP contribution < -0.4 is 11.1 Å². The number of nitrogen functional groups attached to an aromatic ring is 1. The predicted molar refractivity (Wildman–Crippen MR) is 89.8 cm³/mol. The van der Waals surface area contributed by atoms with E-state index in [0.29, 0.717) is 11.4 Å². The maximum Gasteiger partial charge on any atom is 0.346 e. The molecule has 1 unspecified atom stereocenters. The summed E-state index contributed by atoms with van der Waals surface area (Å²) in [5.41, 5.74) is 9.61. The summed E-state index contributed by atoms with van der Waals surface area (Å²) in [6, 6.07) is 3.95. The summed E-state index contributed by atoms with van der Waals surface area (Å²) in [7, 11) is 0. The van der Waals surface area contributed by atoms with Gasteiger partial charge < -0.3 is 20.3 Å². The Morgan fingerprint density at radius 3 is 2.29 bits per heavy atom. The van der Waals surface area contributed by atoms with Crippen molar-refractivity contribution in [2.75, 3.05) is 11.1 Å². The Bertz CT molecular complexity index is 753. The van der Waals surface area contributed by atoms with Crippen LogP contribution in [0.3, 0.4) is 0 Å². The average Bonchev–Trinajstić information content (AvgIpc) is 2.81. The molecule has 3 N–H and O–H groups in total. The first-order valence-corrected chi connectivity index (χ1v) is 7.52. The molecule has 2 aromatic rings. The topological polar surface area (TPSA) is 107 Å². The van der Waals surface area contributed by atoms with Gasteiger partial charge in [-0.2, -0.15) is 0 Å². The van der Waals surface area contributed by atoms with Crippen LogP contribution in [0.25, 0.3) is 0 Å². The lowest BCUT2D eigenvalue weighted by Gasteiger charge is -2.16. The minimum Gasteiger partial charge on any atom is -0.449 e. The van der Waals surface area contributed by atoms with Gasteiger partial charge in [0, 0.05) is 5.69 Å². The van der Waals surface area contributed by atoms with Gasteiger partial charge in [-0.05, 0) is 45.7 Å². The second-order valence-corrected chi connectivity index (χ2v) is 5.82. The molecule has 1 atom stereocenters. The summed E-state index contributed by atoms with van der Waals surface area (Å²) >= 11 is 0. The Morgan fingerprint density at radius 2 is 1.79 bits per heavy atom. The zero-order valence-electron chi connectivity index (χ0n) is 14.4. The molecule has 1 aromatic heterocycles. The van der Waals surface area contributed by atoms with Crippen LogP contribution in [0.15, 0.2) is 16.7 Å². The van der Waals surface area contributed by atoms with Gasteiger partial charge in [-0.3, -0.25) is 4.79 Å². The van der Waals surface area contributed by atoms with Crippen molar-refractivity contribution in [2.24, 2.45) is 0 Å². The Labute approximate surface area is 140 Å². The number of anilines is 2. The van der Waals surface area contributed by atoms with Crippen molar-refractivity contribution in [1.82, 2.24) is 5.16 Å². The number of amides is 1. The summed E-state index contributed by atoms with van der Waals surface area (Å²) in [4.78, 5) is 24.4. The quantitative estimate of drug-likeness (QED) is 0.834. The molecule has 1 heterocycles. The normalized spacial score (nSPS) is 11.9. The highest BCUT2D eigenvalue weighted by Gasteiger charge is 2.25. The second kappa shape index (κ2) is 6.74. The van der Waals surface area contributed by atoms with Gasteiger partial charge in [-0.15, -0.1) is 0 Å². The Balaban J connectivity index is 2.09. The van der Waals surface area contributed by atoms with E-state index in [0.717, 1.165) is 16.7 Å². The minimum absolute atomic E-state index is 0.0392. The molecule has 0 bridgehead atoms. The first kappa shape index (κ1) is 17.5. The Morgan fingerprint density at radius 1 is 1.21 bits per heavy atom. The van der Waals surface area contributed by atoms with Crippen LogP contribution in [0.1, 0.15) is 39.7 Å². The monoisotopic (exact) mass is 331 g/mol. The van der Waals surface area contributed by atoms with Gasteiger partial charge in [0.1, 0.15) is 5.56 Å². The predicted octanol–water partition coefficient (Wildman–Crippen LogP) is 2.67. The van der Waals surface area contributed by atoms with Crippen LogP contribution >= 0.6 is 0 Å². The molecule has 0 saturated carbocycles. The van der Waals surface area contributed by atoms with E-state index in [9.17, 15) is 9.59 Å². The Hall–Kier alpha value is -2.83. The van der Waals surface area contributed by atoms with E-state index >= 15 is 0 Å². The molecular formula is C17H21N3O4. The lowest BCUT2D eigenvalue weighted by atomic mass is 10.0. The number of nitrogens with two attached hydrogens (primary N) is 1. The van der Waals surface area contributed by atoms with E-state index in [1.165, 1.54) is 6.92 Å². The fourth-order valence-corrected chi connectivity index (χ4v) is 2.51. The molecule has 0 saturated heterocycles. The van der Waals surface area contributed by atoms with Crippen LogP contribution in [0.5, 0.6) is 0 Å². The second-order valence-electron chi connectivity index (χ2n) is 5.82. The zero-order valence-corrected chi connectivity index (χ0v) is 14.4. The third-order valence-electron chi connectivity index (χ3n) is 3.67. The maximum absolute atomic E-state index is 12.3. The lowest BCUT2D eigenvalue weighted by Crippen LogP contribution is -2.30. The highest BCUT2D eigenvalue weighted by atomic mass is 16.5. The van der Waals surface area contributed by atoms with Gasteiger partial charge >= 0.3 is 5.97 Å². The number of benzene rings is 1. The summed E-state index contributed by atoms with van der Waals surface area (Å²) < 4.78 is 9.89. The number of aromatic nitrogens is 1. The van der Waals surface area contributed by atoms with Crippen molar-refractivity contribution >= 4 is 23.4 Å². The standard InChI is InChI=1S/C17H21N3O4/c1-8-6-9(2)14(10(3)7-8)19-16(21)12(5)23-17(22)13-11(4)20-24-15(13)18/h6-7,12H,18H2,1-5H3,(H,19,21). The van der Waals surface area contributed by atoms with Crippen molar-refractivity contribution in [3.8, 4) is 0 Å². The average molecular weight is 331 g/mol. The smallest absolute Gasteiger partial charge is 0.346 e. The summed E-state index contributed by atoms with van der Waals surface area (Å²) in [6.45, 7) is 8.87. The van der Waals surface area contributed by atoms with Gasteiger partial charge in [0.2, 0.25) is 5.88 Å². The van der Waals surface area contributed by atoms with E-state index in [4.69, 9.17) is 15.0 Å². The Kier molecular flexibility index (Phi) is 4.92. The molecule has 7 nitrogen and oxygen atoms in total. The molecule has 0 aliphatic rings. The third kappa shape index (κ3) is 3.56. The van der Waals surface area contributed by atoms with Crippen LogP contribution in [0.4, 0.5) is 11.6 Å². The van der Waals surface area contributed by atoms with Crippen molar-refractivity contribution in [3.05, 3.63) is 40.1 Å². The molecule has 1 amide bonds. The molecule has 7 heteroatoms. The number of carbonyl (C=O) groups excluding carboxylic acids is 2. The summed E-state index contributed by atoms with van der Waals surface area (Å²) in [6.07, 6.45) is -0.994. The molecule has 0 fully saturated rings. The van der Waals surface area contributed by atoms with Crippen LogP contribution in [0, 0.1) is 27.7 Å². The molecule has 128 valence electrons. The number of esters is 1. The van der Waals surface area contributed by atoms with E-state index in [-0.39, 0.29) is 11.4 Å². The summed E-state index contributed by atoms with van der Waals surface area (Å²) in [5, 5.41) is 6.39. The molecular weight excluding hydrogens is 310 g/mol. The van der Waals surface area contributed by atoms with E-state index in [2.05, 4.69) is 10.5 Å². The number of rotatable bonds is 4. The number of ether oxygens (including phenoxy) is 1. The first-order valence-electron chi connectivity index (χ1n) is 7.52. The first-order chi connectivity index (χ1) is 11.2. The number of nitrogens with one attached hydrogen (secondary N) is 1. The highest BCUT2D eigenvalue weighted by molar-refractivity contribution is 6.00. The molecule has 0 aliphatic carbocycles. The van der Waals surface area contributed by atoms with Crippen LogP contribution in [-0.4, -0.2) is 23.1 Å². The molecule has 0 spiro atoms. The van der Waals surface area contributed by atoms with Crippen molar-refractivity contribution in [2.45, 2.75) is 40.7 Å². The minimum atomic E-state index is -0.994. The van der Waals surface area contributed by atoms with E-state index in [1.54, 1.807) is 6.92 Å².